The average Bonchev–Trinajstić information content (AvgIpc) is 3.17. The molecular formula is C20H22N2O5. The van der Waals surface area contributed by atoms with Crippen molar-refractivity contribution in [1.82, 2.24) is 9.88 Å². The predicted molar refractivity (Wildman–Crippen MR) is 95.5 cm³/mol. The summed E-state index contributed by atoms with van der Waals surface area (Å²) in [5.74, 6) is 1.48. The van der Waals surface area contributed by atoms with Crippen LogP contribution in [0.5, 0.6) is 0 Å². The van der Waals surface area contributed by atoms with Crippen molar-refractivity contribution in [3.05, 3.63) is 52.7 Å². The number of rotatable bonds is 3. The first-order valence-electron chi connectivity index (χ1n) is 9.19. The molecule has 0 saturated carbocycles. The summed E-state index contributed by atoms with van der Waals surface area (Å²) in [6, 6.07) is 6.52. The Morgan fingerprint density at radius 2 is 1.85 bits per heavy atom. The molecule has 2 aliphatic rings. The monoisotopic (exact) mass is 370 g/mol. The van der Waals surface area contributed by atoms with Gasteiger partial charge in [0.2, 0.25) is 0 Å². The highest BCUT2D eigenvalue weighted by molar-refractivity contribution is 5.96. The second kappa shape index (κ2) is 7.52. The van der Waals surface area contributed by atoms with Crippen molar-refractivity contribution in [2.75, 3.05) is 26.9 Å². The molecule has 0 bridgehead atoms. The SMILES string of the molecule is COC(=O)c1ccc(C(=O)N2CCc3oc(C4CCOCC4)nc3C2)cc1. The van der Waals surface area contributed by atoms with Gasteiger partial charge in [-0.3, -0.25) is 4.79 Å². The molecule has 2 aliphatic heterocycles. The Hall–Kier alpha value is -2.67. The van der Waals surface area contributed by atoms with Gasteiger partial charge >= 0.3 is 5.97 Å². The van der Waals surface area contributed by atoms with Crippen molar-refractivity contribution in [3.8, 4) is 0 Å². The third-order valence-electron chi connectivity index (χ3n) is 5.15. The fraction of sp³-hybridized carbons (Fsp3) is 0.450. The van der Waals surface area contributed by atoms with Gasteiger partial charge in [0, 0.05) is 37.7 Å². The van der Waals surface area contributed by atoms with E-state index in [1.54, 1.807) is 29.2 Å². The summed E-state index contributed by atoms with van der Waals surface area (Å²) in [6.45, 7) is 2.51. The molecular weight excluding hydrogens is 348 g/mol. The van der Waals surface area contributed by atoms with Gasteiger partial charge in [-0.25, -0.2) is 9.78 Å². The van der Waals surface area contributed by atoms with Gasteiger partial charge in [0.1, 0.15) is 11.5 Å². The van der Waals surface area contributed by atoms with Gasteiger partial charge < -0.3 is 18.8 Å². The highest BCUT2D eigenvalue weighted by Crippen LogP contribution is 2.30. The molecule has 0 unspecified atom stereocenters. The van der Waals surface area contributed by atoms with E-state index in [1.807, 2.05) is 0 Å². The van der Waals surface area contributed by atoms with Crippen molar-refractivity contribution in [2.24, 2.45) is 0 Å². The predicted octanol–water partition coefficient (Wildman–Crippen LogP) is 2.55. The van der Waals surface area contributed by atoms with Gasteiger partial charge in [-0.05, 0) is 37.1 Å². The Labute approximate surface area is 157 Å². The van der Waals surface area contributed by atoms with Crippen molar-refractivity contribution < 1.29 is 23.5 Å². The number of hydrogen-bond donors (Lipinski definition) is 0. The Morgan fingerprint density at radius 1 is 1.15 bits per heavy atom. The lowest BCUT2D eigenvalue weighted by molar-refractivity contribution is 0.0599. The number of carbonyl (C=O) groups is 2. The number of fused-ring (bicyclic) bond motifs is 1. The van der Waals surface area contributed by atoms with Gasteiger partial charge in [0.25, 0.3) is 5.91 Å². The molecule has 0 spiro atoms. The fourth-order valence-electron chi connectivity index (χ4n) is 3.56. The largest absolute Gasteiger partial charge is 0.465 e. The van der Waals surface area contributed by atoms with E-state index in [0.717, 1.165) is 43.4 Å². The van der Waals surface area contributed by atoms with Gasteiger partial charge in [-0.1, -0.05) is 0 Å². The minimum Gasteiger partial charge on any atom is -0.465 e. The maximum Gasteiger partial charge on any atom is 0.337 e. The minimum atomic E-state index is -0.417. The molecule has 7 nitrogen and oxygen atoms in total. The second-order valence-electron chi connectivity index (χ2n) is 6.85. The number of amides is 1. The molecule has 2 aromatic rings. The first kappa shape index (κ1) is 17.7. The van der Waals surface area contributed by atoms with E-state index in [2.05, 4.69) is 9.72 Å². The summed E-state index contributed by atoms with van der Waals surface area (Å²) in [4.78, 5) is 30.8. The Bertz CT molecular complexity index is 837. The molecule has 0 N–H and O–H groups in total. The summed E-state index contributed by atoms with van der Waals surface area (Å²) in [7, 11) is 1.33. The van der Waals surface area contributed by atoms with Gasteiger partial charge in [0.05, 0.1) is 19.2 Å². The van der Waals surface area contributed by atoms with E-state index in [-0.39, 0.29) is 5.91 Å². The number of oxazole rings is 1. The summed E-state index contributed by atoms with van der Waals surface area (Å²) in [6.07, 6.45) is 2.51. The fourth-order valence-corrected chi connectivity index (χ4v) is 3.56. The molecule has 0 radical (unpaired) electrons. The van der Waals surface area contributed by atoms with E-state index < -0.39 is 5.97 Å². The lowest BCUT2D eigenvalue weighted by Gasteiger charge is -2.25. The van der Waals surface area contributed by atoms with Crippen LogP contribution < -0.4 is 0 Å². The van der Waals surface area contributed by atoms with E-state index in [1.165, 1.54) is 7.11 Å². The Balaban J connectivity index is 1.46. The van der Waals surface area contributed by atoms with Crippen molar-refractivity contribution in [1.29, 1.82) is 0 Å². The van der Waals surface area contributed by atoms with Crippen molar-refractivity contribution in [3.63, 3.8) is 0 Å². The lowest BCUT2D eigenvalue weighted by Crippen LogP contribution is -2.35. The average molecular weight is 370 g/mol. The number of nitrogens with zero attached hydrogens (tertiary/aromatic N) is 2. The number of methoxy groups -OCH3 is 1. The van der Waals surface area contributed by atoms with Crippen LogP contribution in [0.25, 0.3) is 0 Å². The van der Waals surface area contributed by atoms with Crippen LogP contribution in [0.1, 0.15) is 56.8 Å². The molecule has 3 heterocycles. The van der Waals surface area contributed by atoms with E-state index >= 15 is 0 Å². The standard InChI is InChI=1S/C20H22N2O5/c1-25-20(24)15-4-2-14(3-5-15)19(23)22-9-6-17-16(12-22)21-18(27-17)13-7-10-26-11-8-13/h2-5,13H,6-12H2,1H3. The number of benzene rings is 1. The quantitative estimate of drug-likeness (QED) is 0.773. The number of carbonyl (C=O) groups excluding carboxylic acids is 2. The van der Waals surface area contributed by atoms with Crippen molar-refractivity contribution in [2.45, 2.75) is 31.7 Å². The summed E-state index contributed by atoms with van der Waals surface area (Å²) < 4.78 is 16.1. The summed E-state index contributed by atoms with van der Waals surface area (Å²) >= 11 is 0. The maximum atomic E-state index is 12.8. The Kier molecular flexibility index (Phi) is 4.94. The molecule has 1 saturated heterocycles. The molecule has 0 atom stereocenters. The smallest absolute Gasteiger partial charge is 0.337 e. The zero-order valence-electron chi connectivity index (χ0n) is 15.3. The minimum absolute atomic E-state index is 0.0762. The molecule has 1 aromatic carbocycles. The summed E-state index contributed by atoms with van der Waals surface area (Å²) in [5, 5.41) is 0. The zero-order chi connectivity index (χ0) is 18.8. The van der Waals surface area contributed by atoms with Crippen LogP contribution in [0.4, 0.5) is 0 Å². The van der Waals surface area contributed by atoms with Gasteiger partial charge in [0.15, 0.2) is 5.89 Å². The lowest BCUT2D eigenvalue weighted by atomic mass is 10.0. The van der Waals surface area contributed by atoms with Crippen LogP contribution in [-0.4, -0.2) is 48.6 Å². The molecule has 0 aliphatic carbocycles. The number of esters is 1. The highest BCUT2D eigenvalue weighted by atomic mass is 16.5. The maximum absolute atomic E-state index is 12.8. The molecule has 7 heteroatoms. The molecule has 142 valence electrons. The normalized spacial score (nSPS) is 17.4. The highest BCUT2D eigenvalue weighted by Gasteiger charge is 2.29. The second-order valence-corrected chi connectivity index (χ2v) is 6.85. The van der Waals surface area contributed by atoms with Crippen LogP contribution in [0.2, 0.25) is 0 Å². The van der Waals surface area contributed by atoms with Crippen LogP contribution in [0, 0.1) is 0 Å². The molecule has 4 rings (SSSR count). The first-order chi connectivity index (χ1) is 13.2. The van der Waals surface area contributed by atoms with Crippen LogP contribution in [0.3, 0.4) is 0 Å². The van der Waals surface area contributed by atoms with Crippen LogP contribution in [0.15, 0.2) is 28.7 Å². The van der Waals surface area contributed by atoms with Crippen LogP contribution >= 0.6 is 0 Å². The van der Waals surface area contributed by atoms with Crippen LogP contribution in [-0.2, 0) is 22.4 Å². The zero-order valence-corrected chi connectivity index (χ0v) is 15.3. The third-order valence-corrected chi connectivity index (χ3v) is 5.15. The van der Waals surface area contributed by atoms with E-state index in [9.17, 15) is 9.59 Å². The first-order valence-corrected chi connectivity index (χ1v) is 9.19. The molecule has 1 amide bonds. The number of aromatic nitrogens is 1. The van der Waals surface area contributed by atoms with Gasteiger partial charge in [-0.15, -0.1) is 0 Å². The number of ether oxygens (including phenoxy) is 2. The van der Waals surface area contributed by atoms with E-state index in [0.29, 0.717) is 36.6 Å². The summed E-state index contributed by atoms with van der Waals surface area (Å²) in [5.41, 5.74) is 1.81. The third kappa shape index (κ3) is 3.60. The van der Waals surface area contributed by atoms with Crippen molar-refractivity contribution >= 4 is 11.9 Å². The van der Waals surface area contributed by atoms with Gasteiger partial charge in [-0.2, -0.15) is 0 Å². The molecule has 1 aromatic heterocycles. The Morgan fingerprint density at radius 3 is 2.56 bits per heavy atom. The molecule has 27 heavy (non-hydrogen) atoms. The number of hydrogen-bond acceptors (Lipinski definition) is 6. The topological polar surface area (TPSA) is 81.9 Å². The molecule has 1 fully saturated rings. The van der Waals surface area contributed by atoms with E-state index in [4.69, 9.17) is 9.15 Å².